The summed E-state index contributed by atoms with van der Waals surface area (Å²) in [4.78, 5) is 5.10. The number of rotatable bonds is 3. The quantitative estimate of drug-likeness (QED) is 0.793. The van der Waals surface area contributed by atoms with Gasteiger partial charge in [0.1, 0.15) is 5.75 Å². The van der Waals surface area contributed by atoms with Crippen LogP contribution in [0.25, 0.3) is 0 Å². The Kier molecular flexibility index (Phi) is 5.35. The van der Waals surface area contributed by atoms with Gasteiger partial charge < -0.3 is 14.4 Å². The third kappa shape index (κ3) is 3.63. The molecule has 4 rings (SSSR count). The minimum atomic E-state index is 0.0906. The van der Waals surface area contributed by atoms with Gasteiger partial charge in [-0.05, 0) is 50.5 Å². The highest BCUT2D eigenvalue weighted by molar-refractivity contribution is 5.59. The maximum absolute atomic E-state index is 6.41. The second-order valence-corrected chi connectivity index (χ2v) is 8.79. The molecule has 4 heteroatoms. The molecule has 0 bridgehead atoms. The summed E-state index contributed by atoms with van der Waals surface area (Å²) in [6.45, 7) is 10.7. The van der Waals surface area contributed by atoms with Crippen LogP contribution in [0, 0.1) is 0 Å². The number of fused-ring (bicyclic) bond motifs is 1. The van der Waals surface area contributed by atoms with E-state index in [1.54, 1.807) is 7.11 Å². The highest BCUT2D eigenvalue weighted by Crippen LogP contribution is 2.38. The summed E-state index contributed by atoms with van der Waals surface area (Å²) in [5.41, 5.74) is 4.05. The van der Waals surface area contributed by atoms with Crippen molar-refractivity contribution in [2.24, 2.45) is 0 Å². The normalized spacial score (nSPS) is 23.4. The van der Waals surface area contributed by atoms with Crippen molar-refractivity contribution in [2.75, 3.05) is 38.3 Å². The number of benzene rings is 2. The number of hydrogen-bond donors (Lipinski definition) is 0. The Morgan fingerprint density at radius 1 is 1.00 bits per heavy atom. The Morgan fingerprint density at radius 3 is 2.54 bits per heavy atom. The van der Waals surface area contributed by atoms with Crippen LogP contribution < -0.4 is 9.64 Å². The lowest BCUT2D eigenvalue weighted by atomic mass is 9.88. The van der Waals surface area contributed by atoms with E-state index >= 15 is 0 Å². The number of ether oxygens (including phenoxy) is 2. The van der Waals surface area contributed by atoms with Crippen LogP contribution in [0.3, 0.4) is 0 Å². The zero-order chi connectivity index (χ0) is 19.7. The van der Waals surface area contributed by atoms with Crippen molar-refractivity contribution in [3.63, 3.8) is 0 Å². The SMILES string of the molecule is COc1ccccc1N1CCN(C(C)(C)C)C(C2OCCc3ccccc32)C1. The average Bonchev–Trinajstić information content (AvgIpc) is 2.72. The molecule has 0 aromatic heterocycles. The van der Waals surface area contributed by atoms with Crippen LogP contribution in [-0.2, 0) is 11.2 Å². The van der Waals surface area contributed by atoms with Gasteiger partial charge in [-0.25, -0.2) is 0 Å². The summed E-state index contributed by atoms with van der Waals surface area (Å²) in [5, 5.41) is 0. The van der Waals surface area contributed by atoms with Crippen LogP contribution in [0.1, 0.15) is 38.0 Å². The Morgan fingerprint density at radius 2 is 1.75 bits per heavy atom. The van der Waals surface area contributed by atoms with Gasteiger partial charge in [0.05, 0.1) is 31.5 Å². The Hall–Kier alpha value is -2.04. The number of methoxy groups -OCH3 is 1. The molecular weight excluding hydrogens is 348 g/mol. The minimum absolute atomic E-state index is 0.0906. The average molecular weight is 381 g/mol. The highest BCUT2D eigenvalue weighted by Gasteiger charge is 2.41. The number of piperazine rings is 1. The van der Waals surface area contributed by atoms with E-state index in [1.165, 1.54) is 16.8 Å². The van der Waals surface area contributed by atoms with Crippen LogP contribution in [0.2, 0.25) is 0 Å². The van der Waals surface area contributed by atoms with Crippen molar-refractivity contribution in [3.05, 3.63) is 59.7 Å². The third-order valence-corrected chi connectivity index (χ3v) is 6.09. The van der Waals surface area contributed by atoms with Gasteiger partial charge in [-0.1, -0.05) is 36.4 Å². The van der Waals surface area contributed by atoms with E-state index in [9.17, 15) is 0 Å². The first-order chi connectivity index (χ1) is 13.5. The molecule has 2 aromatic rings. The molecule has 2 aromatic carbocycles. The fraction of sp³-hybridized carbons (Fsp3) is 0.500. The zero-order valence-electron chi connectivity index (χ0n) is 17.5. The molecule has 28 heavy (non-hydrogen) atoms. The van der Waals surface area contributed by atoms with Gasteiger partial charge in [0, 0.05) is 25.2 Å². The maximum atomic E-state index is 6.41. The summed E-state index contributed by atoms with van der Waals surface area (Å²) < 4.78 is 12.1. The van der Waals surface area contributed by atoms with E-state index < -0.39 is 0 Å². The van der Waals surface area contributed by atoms with Crippen LogP contribution in [0.15, 0.2) is 48.5 Å². The molecule has 1 saturated heterocycles. The molecule has 2 atom stereocenters. The van der Waals surface area contributed by atoms with Crippen molar-refractivity contribution in [1.29, 1.82) is 0 Å². The molecule has 0 saturated carbocycles. The van der Waals surface area contributed by atoms with E-state index in [2.05, 4.69) is 67.0 Å². The lowest BCUT2D eigenvalue weighted by Gasteiger charge is -2.51. The molecule has 1 fully saturated rings. The summed E-state index contributed by atoms with van der Waals surface area (Å²) >= 11 is 0. The summed E-state index contributed by atoms with van der Waals surface area (Å²) in [7, 11) is 1.75. The first-order valence-electron chi connectivity index (χ1n) is 10.3. The van der Waals surface area contributed by atoms with Crippen molar-refractivity contribution in [2.45, 2.75) is 44.9 Å². The Balaban J connectivity index is 1.69. The molecule has 2 heterocycles. The number of para-hydroxylation sites is 2. The Labute approximate surface area is 169 Å². The van der Waals surface area contributed by atoms with Gasteiger partial charge in [-0.2, -0.15) is 0 Å². The molecule has 2 unspecified atom stereocenters. The van der Waals surface area contributed by atoms with Crippen LogP contribution in [0.5, 0.6) is 5.75 Å². The second kappa shape index (κ2) is 7.76. The van der Waals surface area contributed by atoms with Gasteiger partial charge in [0.2, 0.25) is 0 Å². The fourth-order valence-corrected chi connectivity index (χ4v) is 4.76. The first-order valence-corrected chi connectivity index (χ1v) is 10.3. The first kappa shape index (κ1) is 19.3. The van der Waals surface area contributed by atoms with Crippen molar-refractivity contribution in [1.82, 2.24) is 4.90 Å². The largest absolute Gasteiger partial charge is 0.495 e. The molecule has 150 valence electrons. The van der Waals surface area contributed by atoms with Crippen molar-refractivity contribution >= 4 is 5.69 Å². The molecule has 0 N–H and O–H groups in total. The molecule has 0 spiro atoms. The summed E-state index contributed by atoms with van der Waals surface area (Å²) in [6, 6.07) is 17.4. The molecule has 0 amide bonds. The molecule has 0 radical (unpaired) electrons. The van der Waals surface area contributed by atoms with Crippen molar-refractivity contribution in [3.8, 4) is 5.75 Å². The minimum Gasteiger partial charge on any atom is -0.495 e. The predicted molar refractivity (Wildman–Crippen MR) is 114 cm³/mol. The molecular formula is C24H32N2O2. The molecule has 2 aliphatic heterocycles. The van der Waals surface area contributed by atoms with Crippen LogP contribution >= 0.6 is 0 Å². The predicted octanol–water partition coefficient (Wildman–Crippen LogP) is 4.30. The highest BCUT2D eigenvalue weighted by atomic mass is 16.5. The number of hydrogen-bond acceptors (Lipinski definition) is 4. The Bertz CT molecular complexity index is 814. The van der Waals surface area contributed by atoms with Gasteiger partial charge in [-0.3, -0.25) is 4.90 Å². The molecule has 4 nitrogen and oxygen atoms in total. The van der Waals surface area contributed by atoms with Gasteiger partial charge in [0.15, 0.2) is 0 Å². The van der Waals surface area contributed by atoms with Gasteiger partial charge >= 0.3 is 0 Å². The third-order valence-electron chi connectivity index (χ3n) is 6.09. The smallest absolute Gasteiger partial charge is 0.142 e. The molecule has 0 aliphatic carbocycles. The lowest BCUT2D eigenvalue weighted by Crippen LogP contribution is -2.61. The van der Waals surface area contributed by atoms with Crippen LogP contribution in [-0.4, -0.2) is 49.8 Å². The van der Waals surface area contributed by atoms with Crippen LogP contribution in [0.4, 0.5) is 5.69 Å². The fourth-order valence-electron chi connectivity index (χ4n) is 4.76. The van der Waals surface area contributed by atoms with E-state index in [-0.39, 0.29) is 11.6 Å². The summed E-state index contributed by atoms with van der Waals surface area (Å²) in [5.74, 6) is 0.940. The van der Waals surface area contributed by atoms with Crippen molar-refractivity contribution < 1.29 is 9.47 Å². The molecule has 2 aliphatic rings. The number of anilines is 1. The summed E-state index contributed by atoms with van der Waals surface area (Å²) in [6.07, 6.45) is 1.10. The maximum Gasteiger partial charge on any atom is 0.142 e. The lowest BCUT2D eigenvalue weighted by molar-refractivity contribution is -0.0555. The van der Waals surface area contributed by atoms with Gasteiger partial charge in [0.25, 0.3) is 0 Å². The van der Waals surface area contributed by atoms with E-state index in [1.807, 2.05) is 12.1 Å². The second-order valence-electron chi connectivity index (χ2n) is 8.79. The van der Waals surface area contributed by atoms with Gasteiger partial charge in [-0.15, -0.1) is 0 Å². The monoisotopic (exact) mass is 380 g/mol. The van der Waals surface area contributed by atoms with E-state index in [4.69, 9.17) is 9.47 Å². The standard InChI is InChI=1S/C24H32N2O2/c1-24(2,3)26-15-14-25(20-11-7-8-12-22(20)27-4)17-21(26)23-19-10-6-5-9-18(19)13-16-28-23/h5-12,21,23H,13-17H2,1-4H3. The zero-order valence-corrected chi connectivity index (χ0v) is 17.5. The van der Waals surface area contributed by atoms with E-state index in [0.29, 0.717) is 6.04 Å². The number of nitrogens with zero attached hydrogens (tertiary/aromatic N) is 2. The topological polar surface area (TPSA) is 24.9 Å². The van der Waals surface area contributed by atoms with E-state index in [0.717, 1.165) is 38.4 Å².